The molecule has 3 aromatic rings. The fourth-order valence-electron chi connectivity index (χ4n) is 4.01. The van der Waals surface area contributed by atoms with Gasteiger partial charge < -0.3 is 19.3 Å². The normalized spacial score (nSPS) is 14.3. The molecule has 0 aliphatic carbocycles. The SMILES string of the molecule is Cc1nc(-c2c3n(c(=O)n(CC(=O)NCc4ccc5c(c4)OCO5)c2=O)CCCC3)no1. The number of nitrogens with zero attached hydrogens (tertiary/aromatic N) is 4. The summed E-state index contributed by atoms with van der Waals surface area (Å²) in [5.74, 6) is 1.24. The molecule has 1 amide bonds. The average Bonchev–Trinajstić information content (AvgIpc) is 3.44. The first kappa shape index (κ1) is 20.0. The third kappa shape index (κ3) is 3.55. The maximum atomic E-state index is 13.2. The molecule has 5 rings (SSSR count). The van der Waals surface area contributed by atoms with Crippen molar-refractivity contribution in [3.05, 3.63) is 56.2 Å². The van der Waals surface area contributed by atoms with Crippen molar-refractivity contribution < 1.29 is 18.8 Å². The number of ether oxygens (including phenoxy) is 2. The second kappa shape index (κ2) is 7.98. The second-order valence-electron chi connectivity index (χ2n) is 7.71. The van der Waals surface area contributed by atoms with Gasteiger partial charge in [-0.25, -0.2) is 4.79 Å². The van der Waals surface area contributed by atoms with Gasteiger partial charge in [0.2, 0.25) is 24.4 Å². The lowest BCUT2D eigenvalue weighted by Gasteiger charge is -2.21. The van der Waals surface area contributed by atoms with Crippen LogP contribution in [0.4, 0.5) is 0 Å². The Morgan fingerprint density at radius 2 is 2.03 bits per heavy atom. The monoisotopic (exact) mass is 439 g/mol. The van der Waals surface area contributed by atoms with E-state index in [0.717, 1.165) is 23.0 Å². The molecule has 2 aliphatic heterocycles. The van der Waals surface area contributed by atoms with Crippen molar-refractivity contribution in [2.75, 3.05) is 6.79 Å². The number of amides is 1. The van der Waals surface area contributed by atoms with Crippen molar-refractivity contribution in [1.29, 1.82) is 0 Å². The van der Waals surface area contributed by atoms with Crippen molar-refractivity contribution in [1.82, 2.24) is 24.6 Å². The van der Waals surface area contributed by atoms with Crippen LogP contribution in [-0.4, -0.2) is 32.0 Å². The van der Waals surface area contributed by atoms with Crippen LogP contribution in [-0.2, 0) is 30.8 Å². The maximum absolute atomic E-state index is 13.2. The number of rotatable bonds is 5. The molecule has 11 nitrogen and oxygen atoms in total. The van der Waals surface area contributed by atoms with E-state index >= 15 is 0 Å². The van der Waals surface area contributed by atoms with Crippen LogP contribution in [0, 0.1) is 6.92 Å². The van der Waals surface area contributed by atoms with E-state index in [1.807, 2.05) is 6.07 Å². The van der Waals surface area contributed by atoms with E-state index in [4.69, 9.17) is 14.0 Å². The number of carbonyl (C=O) groups excluding carboxylic acids is 1. The molecule has 0 unspecified atom stereocenters. The number of benzene rings is 1. The van der Waals surface area contributed by atoms with Gasteiger partial charge in [0, 0.05) is 25.7 Å². The van der Waals surface area contributed by atoms with Gasteiger partial charge in [-0.1, -0.05) is 11.2 Å². The molecule has 0 saturated carbocycles. The molecule has 166 valence electrons. The second-order valence-corrected chi connectivity index (χ2v) is 7.71. The van der Waals surface area contributed by atoms with Crippen molar-refractivity contribution in [3.63, 3.8) is 0 Å². The van der Waals surface area contributed by atoms with E-state index < -0.39 is 23.7 Å². The van der Waals surface area contributed by atoms with Crippen LogP contribution in [0.5, 0.6) is 11.5 Å². The lowest BCUT2D eigenvalue weighted by Crippen LogP contribution is -2.46. The van der Waals surface area contributed by atoms with Crippen molar-refractivity contribution >= 4 is 5.91 Å². The Balaban J connectivity index is 1.42. The average molecular weight is 439 g/mol. The summed E-state index contributed by atoms with van der Waals surface area (Å²) in [6, 6.07) is 5.35. The van der Waals surface area contributed by atoms with E-state index in [-0.39, 0.29) is 24.7 Å². The number of carbonyl (C=O) groups is 1. The number of hydrogen-bond donors (Lipinski definition) is 1. The summed E-state index contributed by atoms with van der Waals surface area (Å²) in [5.41, 5.74) is 0.503. The lowest BCUT2D eigenvalue weighted by molar-refractivity contribution is -0.121. The summed E-state index contributed by atoms with van der Waals surface area (Å²) in [7, 11) is 0. The molecule has 0 saturated heterocycles. The third-order valence-corrected chi connectivity index (χ3v) is 5.56. The third-order valence-electron chi connectivity index (χ3n) is 5.56. The fourth-order valence-corrected chi connectivity index (χ4v) is 4.01. The minimum atomic E-state index is -0.595. The first-order chi connectivity index (χ1) is 15.5. The number of hydrogen-bond acceptors (Lipinski definition) is 8. The van der Waals surface area contributed by atoms with E-state index in [0.29, 0.717) is 36.0 Å². The topological polar surface area (TPSA) is 130 Å². The zero-order valence-electron chi connectivity index (χ0n) is 17.4. The maximum Gasteiger partial charge on any atom is 0.331 e. The number of nitrogens with one attached hydrogen (secondary N) is 1. The largest absolute Gasteiger partial charge is 0.454 e. The van der Waals surface area contributed by atoms with Crippen molar-refractivity contribution in [3.8, 4) is 22.9 Å². The molecule has 2 aliphatic rings. The highest BCUT2D eigenvalue weighted by Gasteiger charge is 2.26. The Morgan fingerprint density at radius 1 is 1.19 bits per heavy atom. The highest BCUT2D eigenvalue weighted by molar-refractivity contribution is 5.76. The van der Waals surface area contributed by atoms with E-state index in [1.165, 1.54) is 4.57 Å². The summed E-state index contributed by atoms with van der Waals surface area (Å²) in [6.45, 7) is 2.07. The molecule has 4 heterocycles. The van der Waals surface area contributed by atoms with Gasteiger partial charge in [0.25, 0.3) is 5.56 Å². The molecule has 32 heavy (non-hydrogen) atoms. The van der Waals surface area contributed by atoms with Gasteiger partial charge in [0.05, 0.1) is 0 Å². The van der Waals surface area contributed by atoms with E-state index in [2.05, 4.69) is 15.5 Å². The van der Waals surface area contributed by atoms with E-state index in [9.17, 15) is 14.4 Å². The van der Waals surface area contributed by atoms with E-state index in [1.54, 1.807) is 19.1 Å². The van der Waals surface area contributed by atoms with Gasteiger partial charge in [0.15, 0.2) is 11.5 Å². The van der Waals surface area contributed by atoms with Crippen LogP contribution < -0.4 is 26.0 Å². The molecule has 0 spiro atoms. The van der Waals surface area contributed by atoms with Crippen LogP contribution in [0.15, 0.2) is 32.3 Å². The fraction of sp³-hybridized carbons (Fsp3) is 0.381. The summed E-state index contributed by atoms with van der Waals surface area (Å²) < 4.78 is 18.1. The standard InChI is InChI=1S/C21H21N5O6/c1-12-23-19(24-32-12)18-14-4-2-3-7-25(14)21(29)26(20(18)28)10-17(27)22-9-13-5-6-15-16(8-13)31-11-30-15/h5-6,8H,2-4,7,9-11H2,1H3,(H,22,27). The van der Waals surface area contributed by atoms with Gasteiger partial charge in [-0.2, -0.15) is 4.98 Å². The Hall–Kier alpha value is -3.89. The smallest absolute Gasteiger partial charge is 0.331 e. The Kier molecular flexibility index (Phi) is 5.00. The van der Waals surface area contributed by atoms with Crippen LogP contribution in [0.25, 0.3) is 11.4 Å². The Bertz CT molecular complexity index is 1320. The predicted molar refractivity (Wildman–Crippen MR) is 110 cm³/mol. The van der Waals surface area contributed by atoms with Crippen LogP contribution in [0.1, 0.15) is 30.0 Å². The van der Waals surface area contributed by atoms with Crippen LogP contribution in [0.3, 0.4) is 0 Å². The minimum absolute atomic E-state index is 0.132. The summed E-state index contributed by atoms with van der Waals surface area (Å²) in [5, 5.41) is 6.62. The highest BCUT2D eigenvalue weighted by Crippen LogP contribution is 2.32. The van der Waals surface area contributed by atoms with Gasteiger partial charge in [-0.15, -0.1) is 0 Å². The van der Waals surface area contributed by atoms with Gasteiger partial charge >= 0.3 is 5.69 Å². The molecular weight excluding hydrogens is 418 g/mol. The zero-order chi connectivity index (χ0) is 22.2. The molecule has 11 heteroatoms. The molecule has 0 atom stereocenters. The molecular formula is C21H21N5O6. The predicted octanol–water partition coefficient (Wildman–Crippen LogP) is 0.750. The van der Waals surface area contributed by atoms with Crippen LogP contribution in [0.2, 0.25) is 0 Å². The number of aryl methyl sites for hydroxylation is 1. The first-order valence-corrected chi connectivity index (χ1v) is 10.3. The molecule has 0 bridgehead atoms. The first-order valence-electron chi connectivity index (χ1n) is 10.3. The molecule has 0 radical (unpaired) electrons. The van der Waals surface area contributed by atoms with Gasteiger partial charge in [-0.05, 0) is 37.0 Å². The zero-order valence-corrected chi connectivity index (χ0v) is 17.4. The van der Waals surface area contributed by atoms with Crippen LogP contribution >= 0.6 is 0 Å². The molecule has 1 aromatic carbocycles. The molecule has 2 aromatic heterocycles. The number of fused-ring (bicyclic) bond motifs is 2. The minimum Gasteiger partial charge on any atom is -0.454 e. The van der Waals surface area contributed by atoms with Gasteiger partial charge in [-0.3, -0.25) is 18.7 Å². The molecule has 1 N–H and O–H groups in total. The summed E-state index contributed by atoms with van der Waals surface area (Å²) in [4.78, 5) is 43.0. The van der Waals surface area contributed by atoms with Crippen molar-refractivity contribution in [2.24, 2.45) is 0 Å². The Morgan fingerprint density at radius 3 is 2.84 bits per heavy atom. The highest BCUT2D eigenvalue weighted by atomic mass is 16.7. The Labute approximate surface area is 181 Å². The molecule has 0 fully saturated rings. The van der Waals surface area contributed by atoms with Crippen molar-refractivity contribution in [2.45, 2.75) is 45.8 Å². The number of aromatic nitrogens is 4. The summed E-state index contributed by atoms with van der Waals surface area (Å²) in [6.07, 6.45) is 2.22. The quantitative estimate of drug-likeness (QED) is 0.616. The van der Waals surface area contributed by atoms with Gasteiger partial charge in [0.1, 0.15) is 12.1 Å². The summed E-state index contributed by atoms with van der Waals surface area (Å²) >= 11 is 0. The lowest BCUT2D eigenvalue weighted by atomic mass is 10.0.